The lowest BCUT2D eigenvalue weighted by atomic mass is 10.2. The van der Waals surface area contributed by atoms with Crippen LogP contribution in [0.2, 0.25) is 0 Å². The first-order valence-corrected chi connectivity index (χ1v) is 9.86. The zero-order valence-corrected chi connectivity index (χ0v) is 19.0. The summed E-state index contributed by atoms with van der Waals surface area (Å²) in [6.07, 6.45) is -1.68. The Hall–Kier alpha value is -2.86. The summed E-state index contributed by atoms with van der Waals surface area (Å²) in [5.41, 5.74) is 0.662. The molecule has 0 radical (unpaired) electrons. The largest absolute Gasteiger partial charge is 0.478 e. The minimum absolute atomic E-state index is 0.139. The van der Waals surface area contributed by atoms with Crippen molar-refractivity contribution in [3.63, 3.8) is 0 Å². The minimum atomic E-state index is -0.879. The van der Waals surface area contributed by atoms with Gasteiger partial charge in [-0.3, -0.25) is 0 Å². The molecule has 0 heterocycles. The van der Waals surface area contributed by atoms with Crippen LogP contribution in [0.15, 0.2) is 60.7 Å². The maximum absolute atomic E-state index is 10.2. The normalized spacial score (nSPS) is 11.7. The summed E-state index contributed by atoms with van der Waals surface area (Å²) >= 11 is 0. The predicted octanol–water partition coefficient (Wildman–Crippen LogP) is 0.848. The lowest BCUT2D eigenvalue weighted by Gasteiger charge is -1.90. The molecule has 10 heteroatoms. The quantitative estimate of drug-likeness (QED) is 0.309. The van der Waals surface area contributed by atoms with Gasteiger partial charge in [0.25, 0.3) is 0 Å². The Morgan fingerprint density at radius 2 is 0.758 bits per heavy atom. The van der Waals surface area contributed by atoms with Gasteiger partial charge in [-0.25, -0.2) is 9.59 Å². The van der Waals surface area contributed by atoms with Gasteiger partial charge in [0.2, 0.25) is 0 Å². The number of rotatable bonds is 5. The smallest absolute Gasteiger partial charge is 0.335 e. The summed E-state index contributed by atoms with van der Waals surface area (Å²) in [6.45, 7) is 4.17. The zero-order valence-electron chi connectivity index (χ0n) is 19.0. The van der Waals surface area contributed by atoms with E-state index in [0.29, 0.717) is 11.1 Å². The van der Waals surface area contributed by atoms with Crippen molar-refractivity contribution in [1.29, 1.82) is 0 Å². The van der Waals surface area contributed by atoms with Gasteiger partial charge in [0, 0.05) is 0 Å². The summed E-state index contributed by atoms with van der Waals surface area (Å²) < 4.78 is 0. The average molecular weight is 473 g/mol. The van der Waals surface area contributed by atoms with Crippen molar-refractivity contribution in [2.45, 2.75) is 39.1 Å². The summed E-state index contributed by atoms with van der Waals surface area (Å²) in [5.74, 6) is -1.76. The van der Waals surface area contributed by atoms with Crippen molar-refractivity contribution in [3.8, 4) is 0 Å². The van der Waals surface area contributed by atoms with Crippen molar-refractivity contribution >= 4 is 11.9 Å². The molecule has 188 valence electrons. The molecule has 8 N–H and O–H groups in total. The number of aliphatic hydroxyl groups is 6. The highest BCUT2D eigenvalue weighted by Gasteiger charge is 1.97. The number of carboxylic acid groups (broad SMARTS) is 2. The molecular formula is C23H36O10. The van der Waals surface area contributed by atoms with Gasteiger partial charge in [-0.2, -0.15) is 0 Å². The van der Waals surface area contributed by atoms with E-state index in [9.17, 15) is 9.59 Å². The van der Waals surface area contributed by atoms with E-state index in [-0.39, 0.29) is 19.8 Å². The third-order valence-electron chi connectivity index (χ3n) is 2.83. The van der Waals surface area contributed by atoms with E-state index in [1.54, 1.807) is 60.7 Å². The molecule has 0 aliphatic carbocycles. The van der Waals surface area contributed by atoms with Gasteiger partial charge in [0.15, 0.2) is 0 Å². The van der Waals surface area contributed by atoms with E-state index in [1.807, 2.05) is 0 Å². The second-order valence-electron chi connectivity index (χ2n) is 6.44. The number of hydrogen-bond acceptors (Lipinski definition) is 8. The Balaban J connectivity index is -0.000000354. The SMILES string of the molecule is CC(O)CO.CC(O)CO.CC(O)CO.O=C(O)c1ccccc1.O=C(O)c1ccccc1. The fourth-order valence-electron chi connectivity index (χ4n) is 1.16. The Labute approximate surface area is 193 Å². The van der Waals surface area contributed by atoms with Crippen LogP contribution in [0.4, 0.5) is 0 Å². The predicted molar refractivity (Wildman–Crippen MR) is 123 cm³/mol. The summed E-state index contributed by atoms with van der Waals surface area (Å²) in [6, 6.07) is 16.6. The van der Waals surface area contributed by atoms with Crippen molar-refractivity contribution in [2.24, 2.45) is 0 Å². The first-order valence-electron chi connectivity index (χ1n) is 9.86. The molecular weight excluding hydrogens is 436 g/mol. The van der Waals surface area contributed by atoms with Crippen LogP contribution in [0.5, 0.6) is 0 Å². The Morgan fingerprint density at radius 1 is 0.576 bits per heavy atom. The Morgan fingerprint density at radius 3 is 0.848 bits per heavy atom. The van der Waals surface area contributed by atoms with E-state index in [1.165, 1.54) is 20.8 Å². The highest BCUT2D eigenvalue weighted by atomic mass is 16.4. The van der Waals surface area contributed by atoms with Crippen LogP contribution in [-0.4, -0.2) is 90.9 Å². The van der Waals surface area contributed by atoms with Crippen molar-refractivity contribution in [2.75, 3.05) is 19.8 Å². The second-order valence-corrected chi connectivity index (χ2v) is 6.44. The van der Waals surface area contributed by atoms with Crippen molar-refractivity contribution < 1.29 is 50.4 Å². The lowest BCUT2D eigenvalue weighted by molar-refractivity contribution is 0.0686. The molecule has 0 amide bonds. The third kappa shape index (κ3) is 29.1. The first-order chi connectivity index (χ1) is 15.4. The first kappa shape index (κ1) is 34.7. The van der Waals surface area contributed by atoms with Gasteiger partial charge < -0.3 is 40.9 Å². The molecule has 0 aromatic heterocycles. The van der Waals surface area contributed by atoms with Crippen LogP contribution in [0.1, 0.15) is 41.5 Å². The topological polar surface area (TPSA) is 196 Å². The fraction of sp³-hybridized carbons (Fsp3) is 0.391. The molecule has 0 bridgehead atoms. The van der Waals surface area contributed by atoms with E-state index >= 15 is 0 Å². The molecule has 3 unspecified atom stereocenters. The van der Waals surface area contributed by atoms with Crippen molar-refractivity contribution in [3.05, 3.63) is 71.8 Å². The van der Waals surface area contributed by atoms with Gasteiger partial charge in [0.1, 0.15) is 0 Å². The van der Waals surface area contributed by atoms with Crippen LogP contribution in [0, 0.1) is 0 Å². The van der Waals surface area contributed by atoms with Crippen LogP contribution in [0.25, 0.3) is 0 Å². The molecule has 0 saturated heterocycles. The number of aliphatic hydroxyl groups excluding tert-OH is 6. The highest BCUT2D eigenvalue weighted by Crippen LogP contribution is 1.96. The number of benzene rings is 2. The number of aromatic carboxylic acids is 2. The zero-order chi connectivity index (χ0) is 26.2. The van der Waals surface area contributed by atoms with Crippen LogP contribution in [-0.2, 0) is 0 Å². The molecule has 0 fully saturated rings. The van der Waals surface area contributed by atoms with E-state index in [0.717, 1.165) is 0 Å². The Bertz CT molecular complexity index is 620. The lowest BCUT2D eigenvalue weighted by Crippen LogP contribution is -2.03. The van der Waals surface area contributed by atoms with Gasteiger partial charge in [-0.15, -0.1) is 0 Å². The van der Waals surface area contributed by atoms with Crippen LogP contribution < -0.4 is 0 Å². The minimum Gasteiger partial charge on any atom is -0.478 e. The number of hydrogen-bond donors (Lipinski definition) is 8. The van der Waals surface area contributed by atoms with Crippen molar-refractivity contribution in [1.82, 2.24) is 0 Å². The summed E-state index contributed by atoms with van der Waals surface area (Å²) in [5, 5.41) is 64.8. The molecule has 33 heavy (non-hydrogen) atoms. The standard InChI is InChI=1S/2C7H6O2.3C3H8O2/c2*8-7(9)6-4-2-1-3-5-6;3*1-3(5)2-4/h2*1-5H,(H,8,9);3*3-5H,2H2,1H3. The van der Waals surface area contributed by atoms with E-state index < -0.39 is 30.3 Å². The molecule has 0 aliphatic rings. The van der Waals surface area contributed by atoms with Gasteiger partial charge in [-0.1, -0.05) is 36.4 Å². The van der Waals surface area contributed by atoms with Crippen LogP contribution in [0.3, 0.4) is 0 Å². The maximum atomic E-state index is 10.2. The van der Waals surface area contributed by atoms with Crippen LogP contribution >= 0.6 is 0 Å². The molecule has 10 nitrogen and oxygen atoms in total. The summed E-state index contributed by atoms with van der Waals surface area (Å²) in [4.78, 5) is 20.4. The molecule has 2 aromatic rings. The molecule has 0 aliphatic heterocycles. The monoisotopic (exact) mass is 472 g/mol. The van der Waals surface area contributed by atoms with Gasteiger partial charge in [-0.05, 0) is 45.0 Å². The number of carbonyl (C=O) groups is 2. The molecule has 0 saturated carbocycles. The molecule has 2 aromatic carbocycles. The van der Waals surface area contributed by atoms with Gasteiger partial charge >= 0.3 is 11.9 Å². The molecule has 3 atom stereocenters. The van der Waals surface area contributed by atoms with Gasteiger partial charge in [0.05, 0.1) is 49.3 Å². The fourth-order valence-corrected chi connectivity index (χ4v) is 1.16. The number of carboxylic acids is 2. The average Bonchev–Trinajstić information content (AvgIpc) is 2.81. The molecule has 2 rings (SSSR count). The maximum Gasteiger partial charge on any atom is 0.335 e. The summed E-state index contributed by atoms with van der Waals surface area (Å²) in [7, 11) is 0. The molecule has 0 spiro atoms. The second kappa shape index (κ2) is 23.8. The van der Waals surface area contributed by atoms with E-state index in [4.69, 9.17) is 40.9 Å². The highest BCUT2D eigenvalue weighted by molar-refractivity contribution is 5.87. The third-order valence-corrected chi connectivity index (χ3v) is 2.83. The van der Waals surface area contributed by atoms with E-state index in [2.05, 4.69) is 0 Å². The Kier molecular flexibility index (Phi) is 25.1.